The van der Waals surface area contributed by atoms with Crippen LogP contribution in [0.3, 0.4) is 0 Å². The lowest BCUT2D eigenvalue weighted by Gasteiger charge is -2.12. The molecule has 0 saturated heterocycles. The van der Waals surface area contributed by atoms with Crippen LogP contribution in [0.4, 0.5) is 15.8 Å². The average molecular weight is 355 g/mol. The Morgan fingerprint density at radius 3 is 2.40 bits per heavy atom. The van der Waals surface area contributed by atoms with Gasteiger partial charge in [-0.15, -0.1) is 0 Å². The number of rotatable bonds is 4. The first-order valence-electron chi connectivity index (χ1n) is 7.69. The molecule has 3 aromatic carbocycles. The molecule has 0 unspecified atom stereocenters. The zero-order valence-corrected chi connectivity index (χ0v) is 14.3. The molecule has 2 N–H and O–H groups in total. The van der Waals surface area contributed by atoms with Gasteiger partial charge in [-0.1, -0.05) is 47.1 Å². The molecule has 0 amide bonds. The summed E-state index contributed by atoms with van der Waals surface area (Å²) in [7, 11) is 0. The topological polar surface area (TPSA) is 44.6 Å². The van der Waals surface area contributed by atoms with Crippen LogP contribution < -0.4 is 5.32 Å². The van der Waals surface area contributed by atoms with Gasteiger partial charge in [-0.25, -0.2) is 4.39 Å². The lowest BCUT2D eigenvalue weighted by atomic mass is 9.98. The quantitative estimate of drug-likeness (QED) is 0.355. The van der Waals surface area contributed by atoms with Gasteiger partial charge in [-0.05, 0) is 48.9 Å². The third-order valence-electron chi connectivity index (χ3n) is 3.84. The van der Waals surface area contributed by atoms with Crippen LogP contribution in [-0.2, 0) is 0 Å². The predicted molar refractivity (Wildman–Crippen MR) is 99.7 cm³/mol. The lowest BCUT2D eigenvalue weighted by Crippen LogP contribution is -2.06. The van der Waals surface area contributed by atoms with Gasteiger partial charge in [0.05, 0.1) is 5.02 Å². The Labute approximate surface area is 150 Å². The summed E-state index contributed by atoms with van der Waals surface area (Å²) in [5.74, 6) is -0.318. The van der Waals surface area contributed by atoms with Crippen LogP contribution in [-0.4, -0.2) is 10.9 Å². The number of hydrogen-bond donors (Lipinski definition) is 2. The second-order valence-corrected chi connectivity index (χ2v) is 6.00. The highest BCUT2D eigenvalue weighted by Gasteiger charge is 2.14. The molecule has 0 atom stereocenters. The van der Waals surface area contributed by atoms with E-state index in [0.29, 0.717) is 27.7 Å². The molecule has 0 bridgehead atoms. The maximum Gasteiger partial charge on any atom is 0.125 e. The van der Waals surface area contributed by atoms with E-state index >= 15 is 0 Å². The van der Waals surface area contributed by atoms with Crippen LogP contribution >= 0.6 is 11.6 Å². The van der Waals surface area contributed by atoms with Crippen LogP contribution in [0.25, 0.3) is 0 Å². The summed E-state index contributed by atoms with van der Waals surface area (Å²) in [5, 5.41) is 16.4. The monoisotopic (exact) mass is 354 g/mol. The van der Waals surface area contributed by atoms with E-state index in [1.165, 1.54) is 12.1 Å². The molecule has 0 aliphatic carbocycles. The molecular formula is C20H16ClFN2O. The number of aryl methyl sites for hydroxylation is 1. The number of nitrogens with one attached hydrogen (secondary N) is 1. The minimum atomic E-state index is -0.318. The summed E-state index contributed by atoms with van der Waals surface area (Å²) in [5.41, 5.74) is 4.13. The number of nitrogens with zero attached hydrogens (tertiary/aromatic N) is 1. The normalized spacial score (nSPS) is 11.4. The number of benzene rings is 3. The molecule has 0 spiro atoms. The molecule has 0 aromatic heterocycles. The zero-order chi connectivity index (χ0) is 17.8. The first kappa shape index (κ1) is 17.0. The van der Waals surface area contributed by atoms with Crippen molar-refractivity contribution in [1.82, 2.24) is 0 Å². The van der Waals surface area contributed by atoms with Gasteiger partial charge in [-0.3, -0.25) is 0 Å². The van der Waals surface area contributed by atoms with Gasteiger partial charge in [0.15, 0.2) is 0 Å². The van der Waals surface area contributed by atoms with Crippen LogP contribution in [0.15, 0.2) is 71.9 Å². The number of anilines is 2. The first-order valence-corrected chi connectivity index (χ1v) is 8.07. The predicted octanol–water partition coefficient (Wildman–Crippen LogP) is 5.76. The van der Waals surface area contributed by atoms with Gasteiger partial charge in [0.1, 0.15) is 11.5 Å². The summed E-state index contributed by atoms with van der Waals surface area (Å²) >= 11 is 6.40. The largest absolute Gasteiger partial charge is 0.410 e. The maximum atomic E-state index is 13.3. The Morgan fingerprint density at radius 1 is 0.960 bits per heavy atom. The standard InChI is InChI=1S/C20H16ClFN2O/c1-13-5-2-3-8-17(13)20(24-25)18-10-9-16(12-19(18)21)23-15-7-4-6-14(22)11-15/h2-12,23,25H,1H3. The molecule has 0 saturated carbocycles. The van der Waals surface area contributed by atoms with Crippen molar-refractivity contribution in [3.05, 3.63) is 94.3 Å². The van der Waals surface area contributed by atoms with Gasteiger partial charge in [-0.2, -0.15) is 0 Å². The molecule has 3 aromatic rings. The van der Waals surface area contributed by atoms with E-state index in [1.54, 1.807) is 30.3 Å². The van der Waals surface area contributed by atoms with Crippen molar-refractivity contribution < 1.29 is 9.60 Å². The van der Waals surface area contributed by atoms with Crippen LogP contribution in [0.5, 0.6) is 0 Å². The fraction of sp³-hybridized carbons (Fsp3) is 0.0500. The molecule has 126 valence electrons. The minimum absolute atomic E-state index is 0.318. The molecule has 0 radical (unpaired) electrons. The number of hydrogen-bond acceptors (Lipinski definition) is 3. The van der Waals surface area contributed by atoms with E-state index in [2.05, 4.69) is 10.5 Å². The highest BCUT2D eigenvalue weighted by molar-refractivity contribution is 6.35. The summed E-state index contributed by atoms with van der Waals surface area (Å²) in [6, 6.07) is 19.1. The van der Waals surface area contributed by atoms with Crippen LogP contribution in [0.2, 0.25) is 5.02 Å². The number of oxime groups is 1. The second-order valence-electron chi connectivity index (χ2n) is 5.59. The molecule has 5 heteroatoms. The van der Waals surface area contributed by atoms with E-state index in [4.69, 9.17) is 11.6 Å². The van der Waals surface area contributed by atoms with Crippen molar-refractivity contribution in [2.24, 2.45) is 5.16 Å². The fourth-order valence-corrected chi connectivity index (χ4v) is 2.88. The zero-order valence-electron chi connectivity index (χ0n) is 13.5. The minimum Gasteiger partial charge on any atom is -0.410 e. The molecule has 0 aliphatic rings. The fourth-order valence-electron chi connectivity index (χ4n) is 2.61. The molecular weight excluding hydrogens is 339 g/mol. The average Bonchev–Trinajstić information content (AvgIpc) is 2.59. The van der Waals surface area contributed by atoms with Crippen molar-refractivity contribution in [2.75, 3.05) is 5.32 Å². The summed E-state index contributed by atoms with van der Waals surface area (Å²) in [6.07, 6.45) is 0. The highest BCUT2D eigenvalue weighted by Crippen LogP contribution is 2.27. The Balaban J connectivity index is 1.93. The third kappa shape index (κ3) is 3.80. The molecule has 3 rings (SSSR count). The van der Waals surface area contributed by atoms with Crippen molar-refractivity contribution in [1.29, 1.82) is 0 Å². The summed E-state index contributed by atoms with van der Waals surface area (Å²) in [4.78, 5) is 0. The van der Waals surface area contributed by atoms with Crippen molar-refractivity contribution in [2.45, 2.75) is 6.92 Å². The van der Waals surface area contributed by atoms with Gasteiger partial charge >= 0.3 is 0 Å². The van der Waals surface area contributed by atoms with Gasteiger partial charge in [0.2, 0.25) is 0 Å². The Bertz CT molecular complexity index is 940. The molecule has 25 heavy (non-hydrogen) atoms. The van der Waals surface area contributed by atoms with Crippen LogP contribution in [0, 0.1) is 12.7 Å². The lowest BCUT2D eigenvalue weighted by molar-refractivity contribution is 0.319. The van der Waals surface area contributed by atoms with Crippen molar-refractivity contribution in [3.63, 3.8) is 0 Å². The second kappa shape index (κ2) is 7.36. The summed E-state index contributed by atoms with van der Waals surface area (Å²) < 4.78 is 13.3. The first-order chi connectivity index (χ1) is 12.1. The van der Waals surface area contributed by atoms with Crippen molar-refractivity contribution in [3.8, 4) is 0 Å². The van der Waals surface area contributed by atoms with Gasteiger partial charge in [0.25, 0.3) is 0 Å². The third-order valence-corrected chi connectivity index (χ3v) is 4.15. The molecule has 0 heterocycles. The van der Waals surface area contributed by atoms with E-state index in [1.807, 2.05) is 31.2 Å². The van der Waals surface area contributed by atoms with Crippen molar-refractivity contribution >= 4 is 28.7 Å². The highest BCUT2D eigenvalue weighted by atomic mass is 35.5. The van der Waals surface area contributed by atoms with Crippen LogP contribution in [0.1, 0.15) is 16.7 Å². The Hall–Kier alpha value is -2.85. The van der Waals surface area contributed by atoms with E-state index in [9.17, 15) is 9.60 Å². The molecule has 0 aliphatic heterocycles. The van der Waals surface area contributed by atoms with E-state index in [0.717, 1.165) is 11.1 Å². The Kier molecular flexibility index (Phi) is 5.00. The maximum absolute atomic E-state index is 13.3. The van der Waals surface area contributed by atoms with E-state index in [-0.39, 0.29) is 5.82 Å². The van der Waals surface area contributed by atoms with Gasteiger partial charge in [0, 0.05) is 22.5 Å². The molecule has 0 fully saturated rings. The SMILES string of the molecule is Cc1ccccc1C(=NO)c1ccc(Nc2cccc(F)c2)cc1Cl. The van der Waals surface area contributed by atoms with E-state index < -0.39 is 0 Å². The Morgan fingerprint density at radius 2 is 1.72 bits per heavy atom. The molecule has 3 nitrogen and oxygen atoms in total. The number of halogens is 2. The van der Waals surface area contributed by atoms with Gasteiger partial charge < -0.3 is 10.5 Å². The summed E-state index contributed by atoms with van der Waals surface area (Å²) in [6.45, 7) is 1.94. The smallest absolute Gasteiger partial charge is 0.125 e.